The van der Waals surface area contributed by atoms with Gasteiger partial charge in [0, 0.05) is 17.2 Å². The average molecular weight is 329 g/mol. The van der Waals surface area contributed by atoms with E-state index in [9.17, 15) is 14.9 Å². The van der Waals surface area contributed by atoms with Crippen LogP contribution in [-0.2, 0) is 6.61 Å². The van der Waals surface area contributed by atoms with Gasteiger partial charge in [0.15, 0.2) is 11.5 Å². The van der Waals surface area contributed by atoms with Gasteiger partial charge < -0.3 is 9.47 Å². The van der Waals surface area contributed by atoms with Gasteiger partial charge >= 0.3 is 5.69 Å². The van der Waals surface area contributed by atoms with E-state index in [0.29, 0.717) is 23.5 Å². The second-order valence-corrected chi connectivity index (χ2v) is 5.33. The highest BCUT2D eigenvalue weighted by Crippen LogP contribution is 2.30. The van der Waals surface area contributed by atoms with E-state index in [2.05, 4.69) is 0 Å². The first-order valence-electron chi connectivity index (χ1n) is 7.57. The number of nitro benzene ring substituents is 1. The van der Waals surface area contributed by atoms with Gasteiger partial charge in [-0.3, -0.25) is 14.9 Å². The maximum atomic E-state index is 11.6. The molecule has 0 radical (unpaired) electrons. The SMILES string of the molecule is CCOc1ccc(C(C)=O)cc1COc1ccc(C)cc1[N+](=O)[O-]. The van der Waals surface area contributed by atoms with Crippen LogP contribution < -0.4 is 9.47 Å². The zero-order valence-electron chi connectivity index (χ0n) is 13.9. The van der Waals surface area contributed by atoms with Gasteiger partial charge in [-0.1, -0.05) is 6.07 Å². The molecule has 6 heteroatoms. The van der Waals surface area contributed by atoms with Crippen molar-refractivity contribution in [1.82, 2.24) is 0 Å². The van der Waals surface area contributed by atoms with E-state index >= 15 is 0 Å². The summed E-state index contributed by atoms with van der Waals surface area (Å²) in [7, 11) is 0. The summed E-state index contributed by atoms with van der Waals surface area (Å²) in [6.07, 6.45) is 0. The third kappa shape index (κ3) is 4.10. The van der Waals surface area contributed by atoms with Crippen molar-refractivity contribution in [1.29, 1.82) is 0 Å². The summed E-state index contributed by atoms with van der Waals surface area (Å²) >= 11 is 0. The predicted molar refractivity (Wildman–Crippen MR) is 89.8 cm³/mol. The lowest BCUT2D eigenvalue weighted by molar-refractivity contribution is -0.386. The van der Waals surface area contributed by atoms with Gasteiger partial charge in [0.25, 0.3) is 0 Å². The molecule has 0 atom stereocenters. The number of nitrogens with zero attached hydrogens (tertiary/aromatic N) is 1. The summed E-state index contributed by atoms with van der Waals surface area (Å²) in [4.78, 5) is 22.2. The molecule has 24 heavy (non-hydrogen) atoms. The van der Waals surface area contributed by atoms with Gasteiger partial charge in [0.1, 0.15) is 12.4 Å². The van der Waals surface area contributed by atoms with Crippen molar-refractivity contribution in [2.24, 2.45) is 0 Å². The highest BCUT2D eigenvalue weighted by molar-refractivity contribution is 5.94. The molecule has 0 unspecified atom stereocenters. The molecule has 2 aromatic carbocycles. The van der Waals surface area contributed by atoms with Crippen LogP contribution in [0, 0.1) is 17.0 Å². The Hall–Kier alpha value is -2.89. The first-order chi connectivity index (χ1) is 11.4. The maximum Gasteiger partial charge on any atom is 0.311 e. The summed E-state index contributed by atoms with van der Waals surface area (Å²) in [6.45, 7) is 5.65. The van der Waals surface area contributed by atoms with E-state index in [1.54, 1.807) is 37.3 Å². The lowest BCUT2D eigenvalue weighted by atomic mass is 10.1. The number of carbonyl (C=O) groups is 1. The normalized spacial score (nSPS) is 10.3. The minimum absolute atomic E-state index is 0.0689. The fraction of sp³-hybridized carbons (Fsp3) is 0.278. The van der Waals surface area contributed by atoms with Crippen LogP contribution in [0.5, 0.6) is 11.5 Å². The Kier molecular flexibility index (Phi) is 5.52. The van der Waals surface area contributed by atoms with Crippen LogP contribution in [0.2, 0.25) is 0 Å². The van der Waals surface area contributed by atoms with Crippen molar-refractivity contribution >= 4 is 11.5 Å². The van der Waals surface area contributed by atoms with Crippen LogP contribution in [0.25, 0.3) is 0 Å². The molecular weight excluding hydrogens is 310 g/mol. The van der Waals surface area contributed by atoms with Crippen molar-refractivity contribution < 1.29 is 19.2 Å². The quantitative estimate of drug-likeness (QED) is 0.434. The third-order valence-electron chi connectivity index (χ3n) is 3.46. The number of hydrogen-bond donors (Lipinski definition) is 0. The van der Waals surface area contributed by atoms with E-state index in [-0.39, 0.29) is 23.8 Å². The number of benzene rings is 2. The molecule has 0 N–H and O–H groups in total. The summed E-state index contributed by atoms with van der Waals surface area (Å²) in [5.41, 5.74) is 1.90. The maximum absolute atomic E-state index is 11.6. The predicted octanol–water partition coefficient (Wildman–Crippen LogP) is 4.08. The van der Waals surface area contributed by atoms with Crippen LogP contribution in [0.15, 0.2) is 36.4 Å². The van der Waals surface area contributed by atoms with Gasteiger partial charge in [-0.2, -0.15) is 0 Å². The molecule has 2 aromatic rings. The highest BCUT2D eigenvalue weighted by Gasteiger charge is 2.16. The fourth-order valence-electron chi connectivity index (χ4n) is 2.26. The Morgan fingerprint density at radius 2 is 1.83 bits per heavy atom. The monoisotopic (exact) mass is 329 g/mol. The second-order valence-electron chi connectivity index (χ2n) is 5.33. The number of hydrogen-bond acceptors (Lipinski definition) is 5. The van der Waals surface area contributed by atoms with E-state index in [1.807, 2.05) is 6.92 Å². The van der Waals surface area contributed by atoms with Crippen molar-refractivity contribution in [2.45, 2.75) is 27.4 Å². The van der Waals surface area contributed by atoms with Crippen molar-refractivity contribution in [2.75, 3.05) is 6.61 Å². The van der Waals surface area contributed by atoms with Crippen LogP contribution in [0.3, 0.4) is 0 Å². The number of nitro groups is 1. The van der Waals surface area contributed by atoms with Crippen molar-refractivity contribution in [3.63, 3.8) is 0 Å². The Balaban J connectivity index is 2.29. The fourth-order valence-corrected chi connectivity index (χ4v) is 2.26. The average Bonchev–Trinajstić information content (AvgIpc) is 2.54. The minimum atomic E-state index is -0.474. The molecule has 0 amide bonds. The lowest BCUT2D eigenvalue weighted by Crippen LogP contribution is -2.04. The van der Waals surface area contributed by atoms with Crippen LogP contribution >= 0.6 is 0 Å². The molecule has 0 aliphatic heterocycles. The molecule has 0 saturated heterocycles. The highest BCUT2D eigenvalue weighted by atomic mass is 16.6. The van der Waals surface area contributed by atoms with E-state index in [1.165, 1.54) is 13.0 Å². The van der Waals surface area contributed by atoms with Gasteiger partial charge in [0.05, 0.1) is 11.5 Å². The lowest BCUT2D eigenvalue weighted by Gasteiger charge is -2.13. The number of ether oxygens (including phenoxy) is 2. The summed E-state index contributed by atoms with van der Waals surface area (Å²) < 4.78 is 11.2. The van der Waals surface area contributed by atoms with E-state index < -0.39 is 4.92 Å². The molecule has 0 aromatic heterocycles. The molecule has 2 rings (SSSR count). The van der Waals surface area contributed by atoms with Gasteiger partial charge in [-0.15, -0.1) is 0 Å². The second kappa shape index (κ2) is 7.59. The molecule has 0 fully saturated rings. The standard InChI is InChI=1S/C18H19NO5/c1-4-23-17-8-6-14(13(3)20)10-15(17)11-24-18-7-5-12(2)9-16(18)19(21)22/h5-10H,4,11H2,1-3H3. The summed E-state index contributed by atoms with van der Waals surface area (Å²) in [5.74, 6) is 0.708. The molecule has 0 spiro atoms. The minimum Gasteiger partial charge on any atom is -0.493 e. The molecule has 0 aliphatic carbocycles. The molecule has 0 aliphatic rings. The van der Waals surface area contributed by atoms with Gasteiger partial charge in [0.2, 0.25) is 0 Å². The van der Waals surface area contributed by atoms with Crippen LogP contribution in [0.4, 0.5) is 5.69 Å². The van der Waals surface area contributed by atoms with Crippen molar-refractivity contribution in [3.05, 3.63) is 63.2 Å². The van der Waals surface area contributed by atoms with Gasteiger partial charge in [-0.05, 0) is 50.6 Å². The molecule has 6 nitrogen and oxygen atoms in total. The zero-order chi connectivity index (χ0) is 17.7. The zero-order valence-corrected chi connectivity index (χ0v) is 13.9. The molecule has 126 valence electrons. The van der Waals surface area contributed by atoms with E-state index in [4.69, 9.17) is 9.47 Å². The van der Waals surface area contributed by atoms with Crippen molar-refractivity contribution in [3.8, 4) is 11.5 Å². The largest absolute Gasteiger partial charge is 0.493 e. The Morgan fingerprint density at radius 3 is 2.46 bits per heavy atom. The third-order valence-corrected chi connectivity index (χ3v) is 3.46. The Bertz CT molecular complexity index is 770. The molecule has 0 bridgehead atoms. The number of aryl methyl sites for hydroxylation is 1. The summed E-state index contributed by atoms with van der Waals surface area (Å²) in [6, 6.07) is 9.87. The number of rotatable bonds is 7. The first kappa shape index (κ1) is 17.5. The molecule has 0 saturated carbocycles. The topological polar surface area (TPSA) is 78.7 Å². The molecular formula is C18H19NO5. The number of carbonyl (C=O) groups excluding carboxylic acids is 1. The smallest absolute Gasteiger partial charge is 0.311 e. The number of Topliss-reactive ketones (excluding diaryl/α,β-unsaturated/α-hetero) is 1. The molecule has 0 heterocycles. The Morgan fingerprint density at radius 1 is 1.12 bits per heavy atom. The summed E-state index contributed by atoms with van der Waals surface area (Å²) in [5, 5.41) is 11.2. The first-order valence-corrected chi connectivity index (χ1v) is 7.57. The Labute approximate surface area is 140 Å². The van der Waals surface area contributed by atoms with Crippen LogP contribution in [0.1, 0.15) is 35.3 Å². The van der Waals surface area contributed by atoms with Crippen LogP contribution in [-0.4, -0.2) is 17.3 Å². The van der Waals surface area contributed by atoms with Gasteiger partial charge in [-0.25, -0.2) is 0 Å². The van der Waals surface area contributed by atoms with E-state index in [0.717, 1.165) is 5.56 Å². The number of ketones is 1.